The monoisotopic (exact) mass is 300 g/mol. The van der Waals surface area contributed by atoms with E-state index in [2.05, 4.69) is 15.3 Å². The summed E-state index contributed by atoms with van der Waals surface area (Å²) in [5.74, 6) is -1.24. The smallest absolute Gasteiger partial charge is 0.328 e. The topological polar surface area (TPSA) is 68.8 Å². The van der Waals surface area contributed by atoms with Crippen molar-refractivity contribution in [3.63, 3.8) is 0 Å². The fraction of sp³-hybridized carbons (Fsp3) is 0.455. The first-order valence-corrected chi connectivity index (χ1v) is 6.14. The molecule has 0 spiro atoms. The standard InChI is InChI=1S/C11H11F3N6O/c1-18-3-2-7(17-18)9(21)19-4-5-20-8(6-19)15-16-10(20)11(12,13)14/h2-3H,4-6H2,1H3. The lowest BCUT2D eigenvalue weighted by Gasteiger charge is -2.27. The molecule has 3 heterocycles. The molecule has 0 unspecified atom stereocenters. The summed E-state index contributed by atoms with van der Waals surface area (Å²) in [6.45, 7) is 0.151. The van der Waals surface area contributed by atoms with Crippen LogP contribution in [-0.4, -0.2) is 41.9 Å². The van der Waals surface area contributed by atoms with Crippen molar-refractivity contribution in [1.29, 1.82) is 0 Å². The van der Waals surface area contributed by atoms with Gasteiger partial charge in [-0.3, -0.25) is 9.48 Å². The minimum atomic E-state index is -4.54. The molecule has 2 aromatic heterocycles. The van der Waals surface area contributed by atoms with Crippen LogP contribution in [-0.2, 0) is 26.3 Å². The number of fused-ring (bicyclic) bond motifs is 1. The molecule has 2 aromatic rings. The van der Waals surface area contributed by atoms with E-state index in [0.29, 0.717) is 0 Å². The highest BCUT2D eigenvalue weighted by molar-refractivity contribution is 5.92. The van der Waals surface area contributed by atoms with Crippen molar-refractivity contribution in [2.45, 2.75) is 19.3 Å². The van der Waals surface area contributed by atoms with E-state index in [0.717, 1.165) is 4.57 Å². The lowest BCUT2D eigenvalue weighted by Crippen LogP contribution is -2.39. The molecule has 7 nitrogen and oxygen atoms in total. The Morgan fingerprint density at radius 1 is 1.29 bits per heavy atom. The van der Waals surface area contributed by atoms with Gasteiger partial charge in [-0.1, -0.05) is 0 Å². The number of aryl methyl sites for hydroxylation is 1. The Morgan fingerprint density at radius 3 is 2.67 bits per heavy atom. The van der Waals surface area contributed by atoms with Gasteiger partial charge in [0.2, 0.25) is 5.82 Å². The molecular formula is C11H11F3N6O. The van der Waals surface area contributed by atoms with E-state index in [9.17, 15) is 18.0 Å². The molecule has 1 aliphatic rings. The molecule has 0 radical (unpaired) electrons. The molecule has 10 heteroatoms. The molecule has 21 heavy (non-hydrogen) atoms. The summed E-state index contributed by atoms with van der Waals surface area (Å²) in [5, 5.41) is 10.7. The van der Waals surface area contributed by atoms with Crippen LogP contribution >= 0.6 is 0 Å². The Balaban J connectivity index is 1.82. The second-order valence-corrected chi connectivity index (χ2v) is 4.69. The van der Waals surface area contributed by atoms with Crippen molar-refractivity contribution in [2.75, 3.05) is 6.54 Å². The van der Waals surface area contributed by atoms with Crippen LogP contribution in [0.4, 0.5) is 13.2 Å². The highest BCUT2D eigenvalue weighted by Gasteiger charge is 2.40. The van der Waals surface area contributed by atoms with Crippen LogP contribution in [0.3, 0.4) is 0 Å². The van der Waals surface area contributed by atoms with Crippen molar-refractivity contribution in [3.05, 3.63) is 29.6 Å². The largest absolute Gasteiger partial charge is 0.451 e. The maximum absolute atomic E-state index is 12.7. The van der Waals surface area contributed by atoms with Gasteiger partial charge in [0, 0.05) is 26.3 Å². The Hall–Kier alpha value is -2.39. The third kappa shape index (κ3) is 2.36. The second kappa shape index (κ2) is 4.57. The van der Waals surface area contributed by atoms with Gasteiger partial charge < -0.3 is 9.47 Å². The number of alkyl halides is 3. The minimum Gasteiger partial charge on any atom is -0.328 e. The highest BCUT2D eigenvalue weighted by atomic mass is 19.4. The normalized spacial score (nSPS) is 15.1. The molecule has 1 amide bonds. The van der Waals surface area contributed by atoms with Crippen LogP contribution in [0.5, 0.6) is 0 Å². The summed E-state index contributed by atoms with van der Waals surface area (Å²) in [4.78, 5) is 13.6. The Bertz CT molecular complexity index is 688. The van der Waals surface area contributed by atoms with Crippen LogP contribution in [0.15, 0.2) is 12.3 Å². The summed E-state index contributed by atoms with van der Waals surface area (Å²) in [6.07, 6.45) is -2.92. The number of hydrogen-bond donors (Lipinski definition) is 0. The zero-order chi connectivity index (χ0) is 15.2. The van der Waals surface area contributed by atoms with Crippen LogP contribution in [0, 0.1) is 0 Å². The number of carbonyl (C=O) groups excluding carboxylic acids is 1. The third-order valence-electron chi connectivity index (χ3n) is 3.23. The van der Waals surface area contributed by atoms with Gasteiger partial charge in [-0.05, 0) is 6.07 Å². The average molecular weight is 300 g/mol. The number of nitrogens with zero attached hydrogens (tertiary/aromatic N) is 6. The van der Waals surface area contributed by atoms with Gasteiger partial charge in [0.1, 0.15) is 5.69 Å². The minimum absolute atomic E-state index is 0.00967. The quantitative estimate of drug-likeness (QED) is 0.777. The van der Waals surface area contributed by atoms with Gasteiger partial charge in [0.25, 0.3) is 5.91 Å². The number of rotatable bonds is 1. The molecule has 0 saturated heterocycles. The molecule has 3 rings (SSSR count). The highest BCUT2D eigenvalue weighted by Crippen LogP contribution is 2.29. The first-order chi connectivity index (χ1) is 9.86. The lowest BCUT2D eigenvalue weighted by atomic mass is 10.3. The number of carbonyl (C=O) groups is 1. The molecule has 0 aromatic carbocycles. The molecule has 0 N–H and O–H groups in total. The zero-order valence-electron chi connectivity index (χ0n) is 11.0. The lowest BCUT2D eigenvalue weighted by molar-refractivity contribution is -0.147. The van der Waals surface area contributed by atoms with Gasteiger partial charge in [0.05, 0.1) is 6.54 Å². The van der Waals surface area contributed by atoms with E-state index in [1.165, 1.54) is 9.58 Å². The fourth-order valence-electron chi connectivity index (χ4n) is 2.23. The van der Waals surface area contributed by atoms with Crippen molar-refractivity contribution in [1.82, 2.24) is 29.4 Å². The number of aromatic nitrogens is 5. The first-order valence-electron chi connectivity index (χ1n) is 6.14. The Morgan fingerprint density at radius 2 is 2.05 bits per heavy atom. The maximum Gasteiger partial charge on any atom is 0.451 e. The predicted molar refractivity (Wildman–Crippen MR) is 63.0 cm³/mol. The Kier molecular flexibility index (Phi) is 2.96. The maximum atomic E-state index is 12.7. The zero-order valence-corrected chi connectivity index (χ0v) is 11.0. The van der Waals surface area contributed by atoms with Gasteiger partial charge in [-0.2, -0.15) is 18.3 Å². The number of halogens is 3. The first kappa shape index (κ1) is 13.6. The summed E-state index contributed by atoms with van der Waals surface area (Å²) in [7, 11) is 1.68. The van der Waals surface area contributed by atoms with E-state index >= 15 is 0 Å². The molecule has 0 aliphatic carbocycles. The van der Waals surface area contributed by atoms with Crippen LogP contribution in [0.2, 0.25) is 0 Å². The van der Waals surface area contributed by atoms with E-state index in [4.69, 9.17) is 0 Å². The molecule has 112 valence electrons. The van der Waals surface area contributed by atoms with Gasteiger partial charge in [-0.15, -0.1) is 10.2 Å². The third-order valence-corrected chi connectivity index (χ3v) is 3.23. The number of hydrogen-bond acceptors (Lipinski definition) is 4. The molecule has 0 saturated carbocycles. The van der Waals surface area contributed by atoms with Gasteiger partial charge in [-0.25, -0.2) is 0 Å². The van der Waals surface area contributed by atoms with E-state index in [-0.39, 0.29) is 37.1 Å². The van der Waals surface area contributed by atoms with Crippen molar-refractivity contribution in [3.8, 4) is 0 Å². The summed E-state index contributed by atoms with van der Waals surface area (Å²) in [6, 6.07) is 1.56. The van der Waals surface area contributed by atoms with Crippen LogP contribution < -0.4 is 0 Å². The van der Waals surface area contributed by atoms with Crippen molar-refractivity contribution >= 4 is 5.91 Å². The van der Waals surface area contributed by atoms with Gasteiger partial charge in [0.15, 0.2) is 5.82 Å². The van der Waals surface area contributed by atoms with Crippen LogP contribution in [0.25, 0.3) is 0 Å². The van der Waals surface area contributed by atoms with E-state index in [1.807, 2.05) is 0 Å². The Labute approximate surface area is 117 Å². The van der Waals surface area contributed by atoms with E-state index in [1.54, 1.807) is 19.3 Å². The summed E-state index contributed by atoms with van der Waals surface area (Å²) < 4.78 is 40.6. The molecule has 0 fully saturated rings. The predicted octanol–water partition coefficient (Wildman–Crippen LogP) is 0.686. The molecule has 0 atom stereocenters. The van der Waals surface area contributed by atoms with Gasteiger partial charge >= 0.3 is 6.18 Å². The molecular weight excluding hydrogens is 289 g/mol. The second-order valence-electron chi connectivity index (χ2n) is 4.69. The van der Waals surface area contributed by atoms with E-state index < -0.39 is 12.0 Å². The molecule has 0 bridgehead atoms. The molecule has 1 aliphatic heterocycles. The van der Waals surface area contributed by atoms with Crippen molar-refractivity contribution in [2.24, 2.45) is 7.05 Å². The SMILES string of the molecule is Cn1ccc(C(=O)N2CCn3c(nnc3C(F)(F)F)C2)n1. The average Bonchev–Trinajstić information content (AvgIpc) is 3.02. The van der Waals surface area contributed by atoms with Crippen molar-refractivity contribution < 1.29 is 18.0 Å². The fourth-order valence-corrected chi connectivity index (χ4v) is 2.23. The summed E-state index contributed by atoms with van der Waals surface area (Å²) in [5.41, 5.74) is 0.251. The number of amides is 1. The summed E-state index contributed by atoms with van der Waals surface area (Å²) >= 11 is 0. The van der Waals surface area contributed by atoms with Crippen LogP contribution in [0.1, 0.15) is 22.1 Å².